The van der Waals surface area contributed by atoms with Crippen molar-refractivity contribution < 1.29 is 13.9 Å². The van der Waals surface area contributed by atoms with E-state index in [1.807, 2.05) is 57.3 Å². The molecule has 0 spiro atoms. The lowest BCUT2D eigenvalue weighted by Crippen LogP contribution is -2.36. The lowest BCUT2D eigenvalue weighted by molar-refractivity contribution is 0.0494. The zero-order valence-corrected chi connectivity index (χ0v) is 21.2. The standard InChI is InChI=1S/C24H24Cl2N4O3S/c1-24(2,3)33-22(31)28-20(11-15-12-27-19-7-5-4-6-16(15)19)21-29-30-23(32-21)34-13-14-8-9-17(25)18(26)10-14/h4-10,12,20,27H,11,13H2,1-3H3,(H,28,31)/t20-/m1/s1. The molecule has 0 aliphatic heterocycles. The Morgan fingerprint density at radius 1 is 1.18 bits per heavy atom. The Morgan fingerprint density at radius 2 is 1.97 bits per heavy atom. The highest BCUT2D eigenvalue weighted by atomic mass is 35.5. The molecule has 10 heteroatoms. The second-order valence-corrected chi connectivity index (χ2v) is 10.4. The maximum atomic E-state index is 12.6. The van der Waals surface area contributed by atoms with Crippen LogP contribution in [0.4, 0.5) is 4.79 Å². The lowest BCUT2D eigenvalue weighted by Gasteiger charge is -2.22. The Balaban J connectivity index is 1.52. The molecule has 0 saturated heterocycles. The molecule has 0 radical (unpaired) electrons. The highest BCUT2D eigenvalue weighted by molar-refractivity contribution is 7.98. The zero-order chi connectivity index (χ0) is 24.3. The van der Waals surface area contributed by atoms with Crippen LogP contribution in [-0.2, 0) is 16.9 Å². The molecule has 0 aliphatic rings. The Labute approximate surface area is 211 Å². The van der Waals surface area contributed by atoms with Crippen LogP contribution in [0.15, 0.2) is 58.3 Å². The quantitative estimate of drug-likeness (QED) is 0.257. The first-order chi connectivity index (χ1) is 16.2. The molecular weight excluding hydrogens is 495 g/mol. The van der Waals surface area contributed by atoms with Crippen molar-refractivity contribution in [1.29, 1.82) is 0 Å². The van der Waals surface area contributed by atoms with E-state index in [4.69, 9.17) is 32.4 Å². The number of ether oxygens (including phenoxy) is 1. The van der Waals surface area contributed by atoms with Gasteiger partial charge in [-0.25, -0.2) is 4.79 Å². The number of amides is 1. The van der Waals surface area contributed by atoms with Gasteiger partial charge in [-0.15, -0.1) is 10.2 Å². The number of hydrogen-bond acceptors (Lipinski definition) is 6. The van der Waals surface area contributed by atoms with Crippen molar-refractivity contribution in [2.75, 3.05) is 0 Å². The summed E-state index contributed by atoms with van der Waals surface area (Å²) in [5.74, 6) is 0.873. The fourth-order valence-corrected chi connectivity index (χ4v) is 4.40. The molecule has 2 aromatic heterocycles. The summed E-state index contributed by atoms with van der Waals surface area (Å²) in [7, 11) is 0. The molecule has 1 amide bonds. The summed E-state index contributed by atoms with van der Waals surface area (Å²) >= 11 is 13.5. The number of aromatic nitrogens is 3. The number of para-hydroxylation sites is 1. The molecule has 34 heavy (non-hydrogen) atoms. The van der Waals surface area contributed by atoms with Gasteiger partial charge < -0.3 is 19.5 Å². The number of halogens is 2. The molecule has 1 atom stereocenters. The van der Waals surface area contributed by atoms with E-state index in [-0.39, 0.29) is 0 Å². The van der Waals surface area contributed by atoms with Crippen LogP contribution in [0.25, 0.3) is 10.9 Å². The molecule has 0 unspecified atom stereocenters. The number of benzene rings is 2. The first-order valence-electron chi connectivity index (χ1n) is 10.6. The second-order valence-electron chi connectivity index (χ2n) is 8.71. The Bertz CT molecular complexity index is 1300. The van der Waals surface area contributed by atoms with Gasteiger partial charge in [0, 0.05) is 29.3 Å². The smallest absolute Gasteiger partial charge is 0.408 e. The maximum Gasteiger partial charge on any atom is 0.408 e. The van der Waals surface area contributed by atoms with Crippen LogP contribution in [-0.4, -0.2) is 26.9 Å². The van der Waals surface area contributed by atoms with E-state index in [9.17, 15) is 4.79 Å². The van der Waals surface area contributed by atoms with E-state index in [1.54, 1.807) is 12.1 Å². The average molecular weight is 519 g/mol. The van der Waals surface area contributed by atoms with Crippen molar-refractivity contribution in [2.24, 2.45) is 0 Å². The highest BCUT2D eigenvalue weighted by Gasteiger charge is 2.26. The minimum Gasteiger partial charge on any atom is -0.444 e. The third kappa shape index (κ3) is 6.25. The number of fused-ring (bicyclic) bond motifs is 1. The summed E-state index contributed by atoms with van der Waals surface area (Å²) in [6.45, 7) is 5.43. The third-order valence-corrected chi connectivity index (χ3v) is 6.49. The monoisotopic (exact) mass is 518 g/mol. The van der Waals surface area contributed by atoms with Gasteiger partial charge in [0.05, 0.1) is 10.0 Å². The largest absolute Gasteiger partial charge is 0.444 e. The van der Waals surface area contributed by atoms with Gasteiger partial charge in [0.2, 0.25) is 5.89 Å². The summed E-state index contributed by atoms with van der Waals surface area (Å²) in [5.41, 5.74) is 2.36. The molecule has 4 aromatic rings. The van der Waals surface area contributed by atoms with Crippen LogP contribution in [0.2, 0.25) is 10.0 Å². The van der Waals surface area contributed by atoms with Crippen LogP contribution in [0, 0.1) is 0 Å². The predicted octanol–water partition coefficient (Wildman–Crippen LogP) is 6.96. The van der Waals surface area contributed by atoms with Gasteiger partial charge >= 0.3 is 6.09 Å². The van der Waals surface area contributed by atoms with Crippen molar-refractivity contribution in [3.05, 3.63) is 75.7 Å². The number of H-pyrrole nitrogens is 1. The molecule has 7 nitrogen and oxygen atoms in total. The molecular formula is C24H24Cl2N4O3S. The number of carbonyl (C=O) groups is 1. The average Bonchev–Trinajstić information content (AvgIpc) is 3.40. The number of nitrogens with zero attached hydrogens (tertiary/aromatic N) is 2. The molecule has 4 rings (SSSR count). The number of carbonyl (C=O) groups excluding carboxylic acids is 1. The van der Waals surface area contributed by atoms with Crippen LogP contribution >= 0.6 is 35.0 Å². The van der Waals surface area contributed by atoms with Crippen LogP contribution in [0.1, 0.15) is 43.8 Å². The Kier molecular flexibility index (Phi) is 7.40. The molecule has 178 valence electrons. The highest BCUT2D eigenvalue weighted by Crippen LogP contribution is 2.29. The molecule has 0 bridgehead atoms. The molecule has 0 fully saturated rings. The molecule has 2 aromatic carbocycles. The van der Waals surface area contributed by atoms with E-state index in [2.05, 4.69) is 20.5 Å². The summed E-state index contributed by atoms with van der Waals surface area (Å²) in [6.07, 6.45) is 1.81. The topological polar surface area (TPSA) is 93.0 Å². The zero-order valence-electron chi connectivity index (χ0n) is 18.9. The van der Waals surface area contributed by atoms with Crippen LogP contribution < -0.4 is 5.32 Å². The number of hydrogen-bond donors (Lipinski definition) is 2. The molecule has 2 N–H and O–H groups in total. The third-order valence-electron chi connectivity index (χ3n) is 4.86. The van der Waals surface area contributed by atoms with E-state index < -0.39 is 17.7 Å². The maximum absolute atomic E-state index is 12.6. The number of thioether (sulfide) groups is 1. The van der Waals surface area contributed by atoms with E-state index in [0.717, 1.165) is 22.0 Å². The van der Waals surface area contributed by atoms with Gasteiger partial charge in [0.15, 0.2) is 0 Å². The van der Waals surface area contributed by atoms with Gasteiger partial charge in [-0.05, 0) is 50.1 Å². The number of alkyl carbamates (subject to hydrolysis) is 1. The van der Waals surface area contributed by atoms with E-state index in [0.29, 0.717) is 33.3 Å². The van der Waals surface area contributed by atoms with Gasteiger partial charge in [-0.3, -0.25) is 0 Å². The number of rotatable bonds is 7. The summed E-state index contributed by atoms with van der Waals surface area (Å²) in [5, 5.41) is 13.7. The fraction of sp³-hybridized carbons (Fsp3) is 0.292. The minimum atomic E-state index is -0.634. The van der Waals surface area contributed by atoms with E-state index in [1.165, 1.54) is 11.8 Å². The molecule has 2 heterocycles. The SMILES string of the molecule is CC(C)(C)OC(=O)N[C@H](Cc1c[nH]c2ccccc12)c1nnc(SCc2ccc(Cl)c(Cl)c2)o1. The first kappa shape index (κ1) is 24.4. The first-order valence-corrected chi connectivity index (χ1v) is 12.4. The van der Waals surface area contributed by atoms with Crippen molar-refractivity contribution in [2.45, 2.75) is 49.8 Å². The number of nitrogens with one attached hydrogen (secondary N) is 2. The summed E-state index contributed by atoms with van der Waals surface area (Å²) in [4.78, 5) is 15.8. The Morgan fingerprint density at radius 3 is 2.74 bits per heavy atom. The predicted molar refractivity (Wildman–Crippen MR) is 134 cm³/mol. The van der Waals surface area contributed by atoms with E-state index >= 15 is 0 Å². The van der Waals surface area contributed by atoms with Crippen molar-refractivity contribution in [1.82, 2.24) is 20.5 Å². The van der Waals surface area contributed by atoms with Crippen molar-refractivity contribution in [3.8, 4) is 0 Å². The molecule has 0 saturated carbocycles. The van der Waals surface area contributed by atoms with Gasteiger partial charge in [-0.1, -0.05) is 59.2 Å². The molecule has 0 aliphatic carbocycles. The summed E-state index contributed by atoms with van der Waals surface area (Å²) < 4.78 is 11.4. The Hall–Kier alpha value is -2.68. The number of aromatic amines is 1. The lowest BCUT2D eigenvalue weighted by atomic mass is 10.1. The van der Waals surface area contributed by atoms with Crippen molar-refractivity contribution in [3.63, 3.8) is 0 Å². The van der Waals surface area contributed by atoms with Crippen molar-refractivity contribution >= 4 is 52.0 Å². The van der Waals surface area contributed by atoms with Gasteiger partial charge in [0.25, 0.3) is 5.22 Å². The van der Waals surface area contributed by atoms with Crippen LogP contribution in [0.3, 0.4) is 0 Å². The van der Waals surface area contributed by atoms with Gasteiger partial charge in [-0.2, -0.15) is 0 Å². The second kappa shape index (κ2) is 10.3. The summed E-state index contributed by atoms with van der Waals surface area (Å²) in [6, 6.07) is 12.8. The minimum absolute atomic E-state index is 0.299. The normalized spacial score (nSPS) is 12.6. The van der Waals surface area contributed by atoms with Gasteiger partial charge in [0.1, 0.15) is 11.6 Å². The van der Waals surface area contributed by atoms with Crippen LogP contribution in [0.5, 0.6) is 0 Å². The fourth-order valence-electron chi connectivity index (χ4n) is 3.36.